The van der Waals surface area contributed by atoms with Gasteiger partial charge in [-0.25, -0.2) is 0 Å². The zero-order chi connectivity index (χ0) is 14.4. The van der Waals surface area contributed by atoms with Gasteiger partial charge in [0.05, 0.1) is 0 Å². The number of benzene rings is 1. The zero-order valence-electron chi connectivity index (χ0n) is 12.3. The van der Waals surface area contributed by atoms with E-state index in [9.17, 15) is 4.79 Å². The van der Waals surface area contributed by atoms with Crippen molar-refractivity contribution in [1.82, 2.24) is 4.90 Å². The Hall–Kier alpha value is -1.55. The third-order valence-electron chi connectivity index (χ3n) is 3.86. The summed E-state index contributed by atoms with van der Waals surface area (Å²) >= 11 is 0. The van der Waals surface area contributed by atoms with Crippen LogP contribution in [0.25, 0.3) is 0 Å². The minimum Gasteiger partial charge on any atom is -0.372 e. The summed E-state index contributed by atoms with van der Waals surface area (Å²) in [5, 5.41) is 0. The molecule has 0 spiro atoms. The Morgan fingerprint density at radius 1 is 1.20 bits per heavy atom. The molecule has 0 unspecified atom stereocenters. The van der Waals surface area contributed by atoms with Crippen molar-refractivity contribution in [3.8, 4) is 0 Å². The quantitative estimate of drug-likeness (QED) is 0.894. The molecule has 1 aliphatic heterocycles. The van der Waals surface area contributed by atoms with Crippen LogP contribution in [0.4, 0.5) is 5.69 Å². The van der Waals surface area contributed by atoms with Gasteiger partial charge in [-0.2, -0.15) is 0 Å². The van der Waals surface area contributed by atoms with Crippen LogP contribution in [0.3, 0.4) is 0 Å². The molecule has 0 radical (unpaired) electrons. The second-order valence-electron chi connectivity index (χ2n) is 5.50. The normalized spacial score (nSPS) is 15.2. The maximum absolute atomic E-state index is 11.7. The Balaban J connectivity index is 1.92. The topological polar surface area (TPSA) is 49.6 Å². The molecule has 1 saturated heterocycles. The first kappa shape index (κ1) is 14.9. The van der Waals surface area contributed by atoms with Crippen LogP contribution >= 0.6 is 0 Å². The molecule has 4 heteroatoms. The predicted molar refractivity (Wildman–Crippen MR) is 82.7 cm³/mol. The van der Waals surface area contributed by atoms with Gasteiger partial charge in [-0.05, 0) is 37.0 Å². The van der Waals surface area contributed by atoms with Crippen LogP contribution in [0, 0.1) is 0 Å². The highest BCUT2D eigenvalue weighted by atomic mass is 16.2. The number of hydrogen-bond donors (Lipinski definition) is 1. The van der Waals surface area contributed by atoms with Crippen LogP contribution in [0.2, 0.25) is 0 Å². The number of carbonyl (C=O) groups is 1. The third-order valence-corrected chi connectivity index (χ3v) is 3.86. The summed E-state index contributed by atoms with van der Waals surface area (Å²) in [6, 6.07) is 8.58. The van der Waals surface area contributed by atoms with Crippen molar-refractivity contribution in [2.24, 2.45) is 5.73 Å². The lowest BCUT2D eigenvalue weighted by Gasteiger charge is -2.29. The number of carbonyl (C=O) groups excluding carboxylic acids is 1. The lowest BCUT2D eigenvalue weighted by molar-refractivity contribution is -0.130. The SMILES string of the molecule is CN(Cc1ccc(N2CCCCC2)cc1)C(=O)CCN. The van der Waals surface area contributed by atoms with Gasteiger partial charge >= 0.3 is 0 Å². The van der Waals surface area contributed by atoms with Gasteiger partial charge in [0.2, 0.25) is 5.91 Å². The van der Waals surface area contributed by atoms with Gasteiger partial charge in [0.15, 0.2) is 0 Å². The summed E-state index contributed by atoms with van der Waals surface area (Å²) in [7, 11) is 1.83. The Labute approximate surface area is 121 Å². The standard InChI is InChI=1S/C16H25N3O/c1-18(16(20)9-10-17)13-14-5-7-15(8-6-14)19-11-3-2-4-12-19/h5-8H,2-4,9-13,17H2,1H3. The van der Waals surface area contributed by atoms with Crippen LogP contribution in [-0.4, -0.2) is 37.5 Å². The van der Waals surface area contributed by atoms with Crippen molar-refractivity contribution < 1.29 is 4.79 Å². The highest BCUT2D eigenvalue weighted by Gasteiger charge is 2.11. The summed E-state index contributed by atoms with van der Waals surface area (Å²) in [6.07, 6.45) is 4.35. The van der Waals surface area contributed by atoms with Crippen LogP contribution in [-0.2, 0) is 11.3 Å². The first-order chi connectivity index (χ1) is 9.70. The molecule has 2 N–H and O–H groups in total. The Bertz CT molecular complexity index is 424. The molecule has 4 nitrogen and oxygen atoms in total. The maximum atomic E-state index is 11.7. The molecule has 1 fully saturated rings. The van der Waals surface area contributed by atoms with Crippen molar-refractivity contribution in [3.05, 3.63) is 29.8 Å². The molecule has 1 aliphatic rings. The van der Waals surface area contributed by atoms with Gasteiger partial charge in [0.1, 0.15) is 0 Å². The number of piperidine rings is 1. The predicted octanol–water partition coefficient (Wildman–Crippen LogP) is 1.98. The third kappa shape index (κ3) is 3.97. The first-order valence-corrected chi connectivity index (χ1v) is 7.48. The van der Waals surface area contributed by atoms with Crippen LogP contribution < -0.4 is 10.6 Å². The second-order valence-corrected chi connectivity index (χ2v) is 5.50. The van der Waals surface area contributed by atoms with E-state index in [1.165, 1.54) is 30.5 Å². The molecular weight excluding hydrogens is 250 g/mol. The van der Waals surface area contributed by atoms with E-state index in [1.54, 1.807) is 4.90 Å². The van der Waals surface area contributed by atoms with Gasteiger partial charge in [-0.15, -0.1) is 0 Å². The monoisotopic (exact) mass is 275 g/mol. The van der Waals surface area contributed by atoms with E-state index >= 15 is 0 Å². The van der Waals surface area contributed by atoms with Gasteiger partial charge < -0.3 is 15.5 Å². The minimum absolute atomic E-state index is 0.104. The fourth-order valence-corrected chi connectivity index (χ4v) is 2.64. The average molecular weight is 275 g/mol. The minimum atomic E-state index is 0.104. The van der Waals surface area contributed by atoms with Crippen molar-refractivity contribution in [3.63, 3.8) is 0 Å². The lowest BCUT2D eigenvalue weighted by atomic mass is 10.1. The smallest absolute Gasteiger partial charge is 0.223 e. The number of amides is 1. The molecule has 1 heterocycles. The van der Waals surface area contributed by atoms with Crippen LogP contribution in [0.5, 0.6) is 0 Å². The Morgan fingerprint density at radius 3 is 2.45 bits per heavy atom. The number of nitrogens with two attached hydrogens (primary N) is 1. The Kier molecular flexibility index (Phi) is 5.41. The Morgan fingerprint density at radius 2 is 1.85 bits per heavy atom. The van der Waals surface area contributed by atoms with Crippen LogP contribution in [0.15, 0.2) is 24.3 Å². The summed E-state index contributed by atoms with van der Waals surface area (Å²) in [6.45, 7) is 3.39. The van der Waals surface area contributed by atoms with Crippen LogP contribution in [0.1, 0.15) is 31.2 Å². The summed E-state index contributed by atoms with van der Waals surface area (Å²) in [4.78, 5) is 15.9. The van der Waals surface area contributed by atoms with E-state index in [-0.39, 0.29) is 5.91 Å². The molecule has 1 aromatic carbocycles. The van der Waals surface area contributed by atoms with E-state index in [4.69, 9.17) is 5.73 Å². The van der Waals surface area contributed by atoms with E-state index < -0.39 is 0 Å². The molecule has 1 aromatic rings. The molecule has 0 aromatic heterocycles. The lowest BCUT2D eigenvalue weighted by Crippen LogP contribution is -2.29. The van der Waals surface area contributed by atoms with Crippen molar-refractivity contribution in [2.45, 2.75) is 32.2 Å². The van der Waals surface area contributed by atoms with Crippen molar-refractivity contribution in [2.75, 3.05) is 31.6 Å². The average Bonchev–Trinajstić information content (AvgIpc) is 2.49. The second kappa shape index (κ2) is 7.29. The molecular formula is C16H25N3O. The summed E-state index contributed by atoms with van der Waals surface area (Å²) < 4.78 is 0. The molecule has 110 valence electrons. The number of anilines is 1. The fourth-order valence-electron chi connectivity index (χ4n) is 2.64. The number of nitrogens with zero attached hydrogens (tertiary/aromatic N) is 2. The number of hydrogen-bond acceptors (Lipinski definition) is 3. The highest BCUT2D eigenvalue weighted by Crippen LogP contribution is 2.20. The molecule has 1 amide bonds. The fraction of sp³-hybridized carbons (Fsp3) is 0.562. The molecule has 20 heavy (non-hydrogen) atoms. The largest absolute Gasteiger partial charge is 0.372 e. The molecule has 2 rings (SSSR count). The summed E-state index contributed by atoms with van der Waals surface area (Å²) in [5.41, 5.74) is 7.87. The molecule has 0 atom stereocenters. The van der Waals surface area contributed by atoms with Gasteiger partial charge in [0.25, 0.3) is 0 Å². The van der Waals surface area contributed by atoms with Gasteiger partial charge in [0, 0.05) is 45.3 Å². The summed E-state index contributed by atoms with van der Waals surface area (Å²) in [5.74, 6) is 0.104. The molecule has 0 saturated carbocycles. The van der Waals surface area contributed by atoms with Crippen molar-refractivity contribution in [1.29, 1.82) is 0 Å². The van der Waals surface area contributed by atoms with Gasteiger partial charge in [-0.3, -0.25) is 4.79 Å². The van der Waals surface area contributed by atoms with E-state index in [0.29, 0.717) is 19.5 Å². The molecule has 0 bridgehead atoms. The highest BCUT2D eigenvalue weighted by molar-refractivity contribution is 5.76. The van der Waals surface area contributed by atoms with E-state index in [1.807, 2.05) is 7.05 Å². The molecule has 0 aliphatic carbocycles. The van der Waals surface area contributed by atoms with Gasteiger partial charge in [-0.1, -0.05) is 12.1 Å². The van der Waals surface area contributed by atoms with Crippen molar-refractivity contribution >= 4 is 11.6 Å². The van der Waals surface area contributed by atoms with E-state index in [0.717, 1.165) is 13.1 Å². The first-order valence-electron chi connectivity index (χ1n) is 7.48. The maximum Gasteiger partial charge on any atom is 0.223 e. The number of rotatable bonds is 5. The zero-order valence-corrected chi connectivity index (χ0v) is 12.3. The van der Waals surface area contributed by atoms with E-state index in [2.05, 4.69) is 29.2 Å².